The van der Waals surface area contributed by atoms with Crippen molar-refractivity contribution in [2.24, 2.45) is 0 Å². The Morgan fingerprint density at radius 2 is 0.783 bits per heavy atom. The Balaban J connectivity index is 1.35. The third kappa shape index (κ3) is 5.78. The first-order valence-electron chi connectivity index (χ1n) is 16.0. The van der Waals surface area contributed by atoms with Crippen molar-refractivity contribution in [3.05, 3.63) is 158 Å². The van der Waals surface area contributed by atoms with E-state index in [9.17, 15) is 0 Å². The molecule has 0 unspecified atom stereocenters. The summed E-state index contributed by atoms with van der Waals surface area (Å²) >= 11 is 0. The minimum Gasteiger partial charge on any atom is -0.399 e. The zero-order valence-electron chi connectivity index (χ0n) is 26.9. The Bertz CT molecular complexity index is 1820. The van der Waals surface area contributed by atoms with Crippen LogP contribution < -0.4 is 10.4 Å². The highest BCUT2D eigenvalue weighted by Gasteiger charge is 2.52. The van der Waals surface area contributed by atoms with E-state index in [4.69, 9.17) is 9.31 Å². The first kappa shape index (κ1) is 29.8. The van der Waals surface area contributed by atoms with E-state index in [1.54, 1.807) is 0 Å². The molecule has 226 valence electrons. The van der Waals surface area contributed by atoms with Crippen molar-refractivity contribution in [3.63, 3.8) is 0 Å². The Morgan fingerprint density at radius 1 is 0.413 bits per heavy atom. The maximum atomic E-state index is 6.56. The highest BCUT2D eigenvalue weighted by atomic mass is 16.7. The topological polar surface area (TPSA) is 21.7 Å². The molecule has 7 rings (SSSR count). The third-order valence-corrected chi connectivity index (χ3v) is 9.35. The summed E-state index contributed by atoms with van der Waals surface area (Å²) in [6, 6.07) is 55.8. The lowest BCUT2D eigenvalue weighted by Crippen LogP contribution is -2.41. The van der Waals surface area contributed by atoms with Gasteiger partial charge in [-0.25, -0.2) is 0 Å². The smallest absolute Gasteiger partial charge is 0.399 e. The minimum absolute atomic E-state index is 0.433. The largest absolute Gasteiger partial charge is 0.495 e. The van der Waals surface area contributed by atoms with Crippen LogP contribution >= 0.6 is 0 Å². The van der Waals surface area contributed by atoms with Crippen LogP contribution in [0.5, 0.6) is 0 Å². The maximum absolute atomic E-state index is 6.56. The van der Waals surface area contributed by atoms with Gasteiger partial charge in [0.15, 0.2) is 0 Å². The van der Waals surface area contributed by atoms with Crippen LogP contribution in [0.3, 0.4) is 0 Å². The number of nitrogens with zero attached hydrogens (tertiary/aromatic N) is 1. The molecule has 0 saturated carbocycles. The average molecular weight is 600 g/mol. The molecular formula is C42H38BNO2. The summed E-state index contributed by atoms with van der Waals surface area (Å²) in [6.45, 7) is 8.40. The lowest BCUT2D eigenvalue weighted by molar-refractivity contribution is 0.00578. The van der Waals surface area contributed by atoms with Crippen LogP contribution in [-0.2, 0) is 9.31 Å². The number of hydrogen-bond acceptors (Lipinski definition) is 3. The molecule has 0 aliphatic carbocycles. The fourth-order valence-corrected chi connectivity index (χ4v) is 6.04. The molecule has 0 N–H and O–H groups in total. The van der Waals surface area contributed by atoms with Crippen LogP contribution in [-0.4, -0.2) is 18.3 Å². The number of rotatable bonds is 7. The summed E-state index contributed by atoms with van der Waals surface area (Å²) in [7, 11) is -0.474. The molecule has 3 nitrogen and oxygen atoms in total. The minimum atomic E-state index is -0.474. The Kier molecular flexibility index (Phi) is 7.86. The van der Waals surface area contributed by atoms with Crippen LogP contribution in [0.1, 0.15) is 27.7 Å². The van der Waals surface area contributed by atoms with Crippen LogP contribution in [0, 0.1) is 0 Å². The van der Waals surface area contributed by atoms with E-state index in [0.717, 1.165) is 33.7 Å². The predicted octanol–water partition coefficient (Wildman–Crippen LogP) is 10.5. The van der Waals surface area contributed by atoms with E-state index in [2.05, 4.69) is 190 Å². The number of anilines is 3. The van der Waals surface area contributed by atoms with E-state index in [1.165, 1.54) is 22.3 Å². The van der Waals surface area contributed by atoms with E-state index >= 15 is 0 Å². The standard InChI is InChI=1S/C42H38BNO2/c1-41(2)42(3,4)46-43(45-41)40-29-28-38(30-39(40)35-18-12-7-13-19-35)44(36-24-20-33(21-25-36)31-14-8-5-9-15-31)37-26-22-34(23-27-37)32-16-10-6-11-17-32/h5-30H,1-4H3. The summed E-state index contributed by atoms with van der Waals surface area (Å²) in [4.78, 5) is 2.32. The quantitative estimate of drug-likeness (QED) is 0.171. The van der Waals surface area contributed by atoms with Crippen molar-refractivity contribution in [2.45, 2.75) is 38.9 Å². The molecule has 6 aromatic carbocycles. The Labute approximate surface area is 273 Å². The molecule has 1 heterocycles. The van der Waals surface area contributed by atoms with Gasteiger partial charge in [0, 0.05) is 17.1 Å². The predicted molar refractivity (Wildman–Crippen MR) is 193 cm³/mol. The Morgan fingerprint density at radius 3 is 1.22 bits per heavy atom. The average Bonchev–Trinajstić information content (AvgIpc) is 3.32. The first-order valence-corrected chi connectivity index (χ1v) is 16.0. The van der Waals surface area contributed by atoms with Gasteiger partial charge in [0.05, 0.1) is 11.2 Å². The molecule has 1 saturated heterocycles. The van der Waals surface area contributed by atoms with Crippen LogP contribution in [0.15, 0.2) is 158 Å². The van der Waals surface area contributed by atoms with Crippen molar-refractivity contribution >= 4 is 29.6 Å². The highest BCUT2D eigenvalue weighted by Crippen LogP contribution is 2.40. The molecule has 4 heteroatoms. The van der Waals surface area contributed by atoms with Gasteiger partial charge in [0.25, 0.3) is 0 Å². The van der Waals surface area contributed by atoms with Gasteiger partial charge in [-0.1, -0.05) is 121 Å². The summed E-state index contributed by atoms with van der Waals surface area (Å²) < 4.78 is 13.1. The van der Waals surface area contributed by atoms with Gasteiger partial charge in [0.1, 0.15) is 0 Å². The summed E-state index contributed by atoms with van der Waals surface area (Å²) in [5.41, 5.74) is 10.3. The summed E-state index contributed by atoms with van der Waals surface area (Å²) in [5, 5.41) is 0. The van der Waals surface area contributed by atoms with Gasteiger partial charge >= 0.3 is 7.12 Å². The van der Waals surface area contributed by atoms with Gasteiger partial charge in [-0.05, 0) is 103 Å². The molecule has 0 radical (unpaired) electrons. The second-order valence-corrected chi connectivity index (χ2v) is 12.9. The first-order chi connectivity index (χ1) is 22.3. The molecule has 0 atom stereocenters. The Hall–Kier alpha value is -4.90. The molecule has 0 bridgehead atoms. The second-order valence-electron chi connectivity index (χ2n) is 12.9. The van der Waals surface area contributed by atoms with Crippen LogP contribution in [0.25, 0.3) is 33.4 Å². The number of hydrogen-bond donors (Lipinski definition) is 0. The molecule has 6 aromatic rings. The van der Waals surface area contributed by atoms with Gasteiger partial charge in [-0.3, -0.25) is 0 Å². The van der Waals surface area contributed by atoms with Gasteiger partial charge < -0.3 is 14.2 Å². The van der Waals surface area contributed by atoms with Crippen LogP contribution in [0.4, 0.5) is 17.1 Å². The van der Waals surface area contributed by atoms with Gasteiger partial charge in [-0.2, -0.15) is 0 Å². The molecular weight excluding hydrogens is 561 g/mol. The van der Waals surface area contributed by atoms with E-state index in [-0.39, 0.29) is 0 Å². The molecule has 0 aromatic heterocycles. The fraction of sp³-hybridized carbons (Fsp3) is 0.143. The lowest BCUT2D eigenvalue weighted by atomic mass is 9.74. The second kappa shape index (κ2) is 12.1. The van der Waals surface area contributed by atoms with Crippen molar-refractivity contribution in [1.82, 2.24) is 0 Å². The normalized spacial score (nSPS) is 15.1. The van der Waals surface area contributed by atoms with Gasteiger partial charge in [0.2, 0.25) is 0 Å². The van der Waals surface area contributed by atoms with Crippen LogP contribution in [0.2, 0.25) is 0 Å². The fourth-order valence-electron chi connectivity index (χ4n) is 6.04. The summed E-state index contributed by atoms with van der Waals surface area (Å²) in [6.07, 6.45) is 0. The zero-order valence-corrected chi connectivity index (χ0v) is 26.9. The monoisotopic (exact) mass is 599 g/mol. The molecule has 1 fully saturated rings. The van der Waals surface area contributed by atoms with Gasteiger partial charge in [-0.15, -0.1) is 0 Å². The zero-order chi connectivity index (χ0) is 31.7. The lowest BCUT2D eigenvalue weighted by Gasteiger charge is -2.32. The number of benzene rings is 6. The van der Waals surface area contributed by atoms with E-state index in [1.807, 2.05) is 0 Å². The van der Waals surface area contributed by atoms with E-state index in [0.29, 0.717) is 0 Å². The van der Waals surface area contributed by atoms with Crippen molar-refractivity contribution in [2.75, 3.05) is 4.90 Å². The molecule has 0 spiro atoms. The van der Waals surface area contributed by atoms with Crippen molar-refractivity contribution in [3.8, 4) is 33.4 Å². The summed E-state index contributed by atoms with van der Waals surface area (Å²) in [5.74, 6) is 0. The molecule has 1 aliphatic rings. The third-order valence-electron chi connectivity index (χ3n) is 9.35. The van der Waals surface area contributed by atoms with E-state index < -0.39 is 18.3 Å². The molecule has 0 amide bonds. The maximum Gasteiger partial charge on any atom is 0.495 e. The SMILES string of the molecule is CC1(C)OB(c2ccc(N(c3ccc(-c4ccccc4)cc3)c3ccc(-c4ccccc4)cc3)cc2-c2ccccc2)OC1(C)C. The van der Waals surface area contributed by atoms with Crippen molar-refractivity contribution in [1.29, 1.82) is 0 Å². The van der Waals surface area contributed by atoms with Crippen molar-refractivity contribution < 1.29 is 9.31 Å². The molecule has 46 heavy (non-hydrogen) atoms. The molecule has 1 aliphatic heterocycles. The highest BCUT2D eigenvalue weighted by molar-refractivity contribution is 6.64.